The molecule has 0 heterocycles. The lowest BCUT2D eigenvalue weighted by Gasteiger charge is -2.06. The molecule has 0 spiro atoms. The zero-order chi connectivity index (χ0) is 12.5. The molecule has 17 heavy (non-hydrogen) atoms. The fourth-order valence-corrected chi connectivity index (χ4v) is 1.74. The van der Waals surface area contributed by atoms with E-state index in [2.05, 4.69) is 12.2 Å². The number of nitrogens with one attached hydrogen (secondary N) is 1. The van der Waals surface area contributed by atoms with Crippen LogP contribution < -0.4 is 5.32 Å². The molecule has 0 atom stereocenters. The molecule has 1 aromatic rings. The molecule has 0 radical (unpaired) electrons. The van der Waals surface area contributed by atoms with Crippen molar-refractivity contribution >= 4 is 5.69 Å². The average molecular weight is 241 g/mol. The topological polar surface area (TPSA) is 12.0 Å². The van der Waals surface area contributed by atoms with Crippen molar-refractivity contribution in [2.75, 3.05) is 11.9 Å². The van der Waals surface area contributed by atoms with Crippen molar-refractivity contribution in [2.45, 2.75) is 45.4 Å². The van der Waals surface area contributed by atoms with Crippen LogP contribution in [0.15, 0.2) is 18.2 Å². The predicted octanol–water partition coefficient (Wildman–Crippen LogP) is 4.74. The van der Waals surface area contributed by atoms with Gasteiger partial charge in [0, 0.05) is 12.2 Å². The molecule has 96 valence electrons. The first kappa shape index (κ1) is 13.9. The van der Waals surface area contributed by atoms with Crippen LogP contribution in [0.3, 0.4) is 0 Å². The van der Waals surface area contributed by atoms with Gasteiger partial charge in [-0.05, 0) is 24.6 Å². The van der Waals surface area contributed by atoms with Crippen LogP contribution in [0.1, 0.15) is 45.4 Å². The normalized spacial score (nSPS) is 10.5. The van der Waals surface area contributed by atoms with Gasteiger partial charge >= 0.3 is 0 Å². The highest BCUT2D eigenvalue weighted by atomic mass is 19.2. The number of hydrogen-bond donors (Lipinski definition) is 1. The Morgan fingerprint density at radius 1 is 0.941 bits per heavy atom. The smallest absolute Gasteiger partial charge is 0.160 e. The van der Waals surface area contributed by atoms with Gasteiger partial charge < -0.3 is 5.32 Å². The molecule has 0 unspecified atom stereocenters. The highest BCUT2D eigenvalue weighted by molar-refractivity contribution is 5.43. The Kier molecular flexibility index (Phi) is 6.60. The third-order valence-corrected chi connectivity index (χ3v) is 2.78. The summed E-state index contributed by atoms with van der Waals surface area (Å²) in [6.07, 6.45) is 7.37. The molecule has 1 aromatic carbocycles. The van der Waals surface area contributed by atoms with Crippen LogP contribution in [0.25, 0.3) is 0 Å². The molecule has 1 rings (SSSR count). The van der Waals surface area contributed by atoms with E-state index < -0.39 is 11.6 Å². The third kappa shape index (κ3) is 5.66. The summed E-state index contributed by atoms with van der Waals surface area (Å²) in [4.78, 5) is 0. The van der Waals surface area contributed by atoms with Gasteiger partial charge in [0.1, 0.15) is 0 Å². The van der Waals surface area contributed by atoms with Crippen LogP contribution in [0, 0.1) is 11.6 Å². The van der Waals surface area contributed by atoms with Crippen molar-refractivity contribution < 1.29 is 8.78 Å². The number of unbranched alkanes of at least 4 members (excludes halogenated alkanes) is 5. The summed E-state index contributed by atoms with van der Waals surface area (Å²) in [7, 11) is 0. The van der Waals surface area contributed by atoms with Crippen molar-refractivity contribution in [3.05, 3.63) is 29.8 Å². The molecule has 0 aliphatic heterocycles. The lowest BCUT2D eigenvalue weighted by Crippen LogP contribution is -2.02. The van der Waals surface area contributed by atoms with E-state index in [1.165, 1.54) is 38.2 Å². The lowest BCUT2D eigenvalue weighted by atomic mass is 10.1. The first-order valence-electron chi connectivity index (χ1n) is 6.43. The number of rotatable bonds is 8. The fourth-order valence-electron chi connectivity index (χ4n) is 1.74. The van der Waals surface area contributed by atoms with E-state index in [0.29, 0.717) is 5.69 Å². The van der Waals surface area contributed by atoms with Crippen molar-refractivity contribution in [2.24, 2.45) is 0 Å². The summed E-state index contributed by atoms with van der Waals surface area (Å²) in [5.41, 5.74) is 0.650. The van der Waals surface area contributed by atoms with E-state index in [4.69, 9.17) is 0 Å². The Morgan fingerprint density at radius 2 is 1.65 bits per heavy atom. The molecule has 0 aliphatic carbocycles. The minimum absolute atomic E-state index is 0.650. The van der Waals surface area contributed by atoms with E-state index in [1.807, 2.05) is 0 Å². The summed E-state index contributed by atoms with van der Waals surface area (Å²) in [6, 6.07) is 3.92. The molecule has 0 saturated carbocycles. The Morgan fingerprint density at radius 3 is 2.35 bits per heavy atom. The SMILES string of the molecule is CCCCCCCCNc1ccc(F)c(F)c1. The first-order valence-corrected chi connectivity index (χ1v) is 6.43. The van der Waals surface area contributed by atoms with Crippen molar-refractivity contribution in [3.63, 3.8) is 0 Å². The average Bonchev–Trinajstić information content (AvgIpc) is 2.32. The van der Waals surface area contributed by atoms with Gasteiger partial charge in [-0.15, -0.1) is 0 Å². The molecular formula is C14H21F2N. The van der Waals surface area contributed by atoms with E-state index >= 15 is 0 Å². The van der Waals surface area contributed by atoms with Gasteiger partial charge in [-0.25, -0.2) is 8.78 Å². The van der Waals surface area contributed by atoms with Gasteiger partial charge in [-0.1, -0.05) is 39.0 Å². The lowest BCUT2D eigenvalue weighted by molar-refractivity contribution is 0.509. The summed E-state index contributed by atoms with van der Waals surface area (Å²) >= 11 is 0. The van der Waals surface area contributed by atoms with Gasteiger partial charge in [0.05, 0.1) is 0 Å². The van der Waals surface area contributed by atoms with Crippen LogP contribution in [0.2, 0.25) is 0 Å². The van der Waals surface area contributed by atoms with Crippen LogP contribution in [-0.2, 0) is 0 Å². The standard InChI is InChI=1S/C14H21F2N/c1-2-3-4-5-6-7-10-17-12-8-9-13(15)14(16)11-12/h8-9,11,17H,2-7,10H2,1H3. The molecule has 0 aromatic heterocycles. The van der Waals surface area contributed by atoms with Gasteiger partial charge in [0.2, 0.25) is 0 Å². The highest BCUT2D eigenvalue weighted by Crippen LogP contribution is 2.13. The molecule has 0 amide bonds. The van der Waals surface area contributed by atoms with Crippen LogP contribution >= 0.6 is 0 Å². The maximum Gasteiger partial charge on any atom is 0.160 e. The van der Waals surface area contributed by atoms with Gasteiger partial charge in [0.25, 0.3) is 0 Å². The van der Waals surface area contributed by atoms with E-state index in [0.717, 1.165) is 19.0 Å². The number of halogens is 2. The summed E-state index contributed by atoms with van der Waals surface area (Å²) in [6.45, 7) is 3.02. The van der Waals surface area contributed by atoms with Crippen molar-refractivity contribution in [1.29, 1.82) is 0 Å². The second-order valence-electron chi connectivity index (χ2n) is 4.32. The van der Waals surface area contributed by atoms with Crippen LogP contribution in [0.4, 0.5) is 14.5 Å². The molecule has 3 heteroatoms. The third-order valence-electron chi connectivity index (χ3n) is 2.78. The minimum atomic E-state index is -0.796. The summed E-state index contributed by atoms with van der Waals surface area (Å²) in [5.74, 6) is -1.59. The molecule has 0 bridgehead atoms. The van der Waals surface area contributed by atoms with E-state index in [-0.39, 0.29) is 0 Å². The van der Waals surface area contributed by atoms with Crippen LogP contribution in [-0.4, -0.2) is 6.54 Å². The number of hydrogen-bond acceptors (Lipinski definition) is 1. The highest BCUT2D eigenvalue weighted by Gasteiger charge is 2.01. The molecule has 1 N–H and O–H groups in total. The molecule has 0 saturated heterocycles. The Bertz CT molecular complexity index is 326. The van der Waals surface area contributed by atoms with Gasteiger partial charge in [0.15, 0.2) is 11.6 Å². The quantitative estimate of drug-likeness (QED) is 0.648. The predicted molar refractivity (Wildman–Crippen MR) is 68.2 cm³/mol. The number of anilines is 1. The summed E-state index contributed by atoms with van der Waals surface area (Å²) < 4.78 is 25.5. The van der Waals surface area contributed by atoms with E-state index in [9.17, 15) is 8.78 Å². The number of benzene rings is 1. The van der Waals surface area contributed by atoms with Crippen molar-refractivity contribution in [3.8, 4) is 0 Å². The molecular weight excluding hydrogens is 220 g/mol. The zero-order valence-corrected chi connectivity index (χ0v) is 10.4. The Hall–Kier alpha value is -1.12. The maximum atomic E-state index is 12.9. The van der Waals surface area contributed by atoms with E-state index in [1.54, 1.807) is 6.07 Å². The van der Waals surface area contributed by atoms with Crippen LogP contribution in [0.5, 0.6) is 0 Å². The first-order chi connectivity index (χ1) is 8.24. The largest absolute Gasteiger partial charge is 0.385 e. The van der Waals surface area contributed by atoms with Crippen molar-refractivity contribution in [1.82, 2.24) is 0 Å². The zero-order valence-electron chi connectivity index (χ0n) is 10.4. The maximum absolute atomic E-state index is 12.9. The Labute approximate surface area is 102 Å². The second kappa shape index (κ2) is 8.04. The Balaban J connectivity index is 2.11. The molecule has 0 aliphatic rings. The monoisotopic (exact) mass is 241 g/mol. The van der Waals surface area contributed by atoms with Gasteiger partial charge in [-0.2, -0.15) is 0 Å². The fraction of sp³-hybridized carbons (Fsp3) is 0.571. The second-order valence-corrected chi connectivity index (χ2v) is 4.32. The molecule has 0 fully saturated rings. The molecule has 1 nitrogen and oxygen atoms in total. The van der Waals surface area contributed by atoms with Gasteiger partial charge in [-0.3, -0.25) is 0 Å². The summed E-state index contributed by atoms with van der Waals surface area (Å²) in [5, 5.41) is 3.10. The minimum Gasteiger partial charge on any atom is -0.385 e.